The van der Waals surface area contributed by atoms with Gasteiger partial charge in [0.15, 0.2) is 0 Å². The summed E-state index contributed by atoms with van der Waals surface area (Å²) in [6.07, 6.45) is 4.34. The highest BCUT2D eigenvalue weighted by molar-refractivity contribution is 5.29. The van der Waals surface area contributed by atoms with E-state index in [2.05, 4.69) is 27.4 Å². The lowest BCUT2D eigenvalue weighted by Crippen LogP contribution is -2.18. The highest BCUT2D eigenvalue weighted by Crippen LogP contribution is 2.17. The highest BCUT2D eigenvalue weighted by Gasteiger charge is 2.18. The Balaban J connectivity index is 1.87. The Kier molecular flexibility index (Phi) is 3.74. The Morgan fingerprint density at radius 3 is 2.76 bits per heavy atom. The summed E-state index contributed by atoms with van der Waals surface area (Å²) in [6.45, 7) is 2.87. The summed E-state index contributed by atoms with van der Waals surface area (Å²) in [6, 6.07) is 9.34. The van der Waals surface area contributed by atoms with Gasteiger partial charge in [0.1, 0.15) is 5.69 Å². The third-order valence-electron chi connectivity index (χ3n) is 3.22. The second kappa shape index (κ2) is 5.84. The zero-order valence-corrected chi connectivity index (χ0v) is 11.8. The fourth-order valence-corrected chi connectivity index (χ4v) is 2.15. The van der Waals surface area contributed by atoms with Gasteiger partial charge >= 0.3 is 0 Å². The van der Waals surface area contributed by atoms with E-state index < -0.39 is 0 Å². The SMILES string of the molecule is CCCn1nncc1C(N)c1cnn(-c2ccccc2)n1. The maximum Gasteiger partial charge on any atom is 0.106 e. The number of aromatic nitrogens is 6. The first-order valence-corrected chi connectivity index (χ1v) is 6.91. The standard InChI is InChI=1S/C14H17N7/c1-2-8-20-13(10-16-19-20)14(15)12-9-17-21(18-12)11-6-4-3-5-7-11/h3-7,9-10,14H,2,8,15H2,1H3. The molecule has 0 spiro atoms. The van der Waals surface area contributed by atoms with Gasteiger partial charge in [0.25, 0.3) is 0 Å². The van der Waals surface area contributed by atoms with E-state index in [0.29, 0.717) is 5.69 Å². The number of para-hydroxylation sites is 1. The predicted octanol–water partition coefficient (Wildman–Crippen LogP) is 1.32. The van der Waals surface area contributed by atoms with Crippen molar-refractivity contribution in [1.82, 2.24) is 30.0 Å². The van der Waals surface area contributed by atoms with Gasteiger partial charge in [-0.2, -0.15) is 15.0 Å². The Labute approximate surface area is 122 Å². The van der Waals surface area contributed by atoms with Crippen LogP contribution in [0.3, 0.4) is 0 Å². The van der Waals surface area contributed by atoms with Crippen LogP contribution in [-0.4, -0.2) is 30.0 Å². The van der Waals surface area contributed by atoms with Crippen LogP contribution >= 0.6 is 0 Å². The molecule has 0 aliphatic heterocycles. The molecule has 2 N–H and O–H groups in total. The normalized spacial score (nSPS) is 12.5. The number of rotatable bonds is 5. The molecule has 0 saturated heterocycles. The minimum atomic E-state index is -0.385. The van der Waals surface area contributed by atoms with E-state index in [-0.39, 0.29) is 6.04 Å². The molecule has 2 aromatic heterocycles. The molecule has 0 amide bonds. The summed E-state index contributed by atoms with van der Waals surface area (Å²) in [7, 11) is 0. The molecule has 0 bridgehead atoms. The van der Waals surface area contributed by atoms with Crippen LogP contribution in [0.2, 0.25) is 0 Å². The monoisotopic (exact) mass is 283 g/mol. The van der Waals surface area contributed by atoms with Crippen LogP contribution in [0, 0.1) is 0 Å². The van der Waals surface area contributed by atoms with Crippen molar-refractivity contribution in [2.24, 2.45) is 5.73 Å². The molecule has 1 atom stereocenters. The summed E-state index contributed by atoms with van der Waals surface area (Å²) in [5.74, 6) is 0. The van der Waals surface area contributed by atoms with E-state index in [4.69, 9.17) is 5.73 Å². The van der Waals surface area contributed by atoms with Gasteiger partial charge in [-0.3, -0.25) is 0 Å². The van der Waals surface area contributed by atoms with E-state index in [1.807, 2.05) is 35.0 Å². The lowest BCUT2D eigenvalue weighted by molar-refractivity contribution is 0.540. The lowest BCUT2D eigenvalue weighted by Gasteiger charge is -2.09. The van der Waals surface area contributed by atoms with Gasteiger partial charge in [0, 0.05) is 6.54 Å². The zero-order chi connectivity index (χ0) is 14.7. The third-order valence-corrected chi connectivity index (χ3v) is 3.22. The quantitative estimate of drug-likeness (QED) is 0.763. The van der Waals surface area contributed by atoms with Crippen LogP contribution in [0.1, 0.15) is 30.8 Å². The van der Waals surface area contributed by atoms with Crippen molar-refractivity contribution in [3.8, 4) is 5.69 Å². The van der Waals surface area contributed by atoms with Crippen LogP contribution < -0.4 is 5.73 Å². The van der Waals surface area contributed by atoms with Crippen LogP contribution in [0.5, 0.6) is 0 Å². The van der Waals surface area contributed by atoms with E-state index in [9.17, 15) is 0 Å². The number of nitrogens with zero attached hydrogens (tertiary/aromatic N) is 6. The number of nitrogens with two attached hydrogens (primary N) is 1. The Morgan fingerprint density at radius 2 is 2.00 bits per heavy atom. The van der Waals surface area contributed by atoms with Crippen LogP contribution in [0.4, 0.5) is 0 Å². The maximum atomic E-state index is 6.27. The zero-order valence-electron chi connectivity index (χ0n) is 11.8. The molecule has 21 heavy (non-hydrogen) atoms. The summed E-state index contributed by atoms with van der Waals surface area (Å²) in [5, 5.41) is 16.7. The van der Waals surface area contributed by atoms with Crippen LogP contribution in [0.25, 0.3) is 5.69 Å². The van der Waals surface area contributed by atoms with E-state index in [0.717, 1.165) is 24.3 Å². The number of aryl methyl sites for hydroxylation is 1. The Hall–Kier alpha value is -2.54. The number of benzene rings is 1. The van der Waals surface area contributed by atoms with Gasteiger partial charge in [-0.25, -0.2) is 4.68 Å². The second-order valence-electron chi connectivity index (χ2n) is 4.75. The maximum absolute atomic E-state index is 6.27. The first-order chi connectivity index (χ1) is 10.3. The van der Waals surface area contributed by atoms with Gasteiger partial charge in [-0.05, 0) is 18.6 Å². The molecule has 7 heteroatoms. The predicted molar refractivity (Wildman–Crippen MR) is 77.7 cm³/mol. The van der Waals surface area contributed by atoms with Crippen molar-refractivity contribution in [1.29, 1.82) is 0 Å². The minimum absolute atomic E-state index is 0.385. The molecule has 1 unspecified atom stereocenters. The number of hydrogen-bond acceptors (Lipinski definition) is 5. The summed E-state index contributed by atoms with van der Waals surface area (Å²) in [5.41, 5.74) is 8.70. The molecular formula is C14H17N7. The summed E-state index contributed by atoms with van der Waals surface area (Å²) >= 11 is 0. The van der Waals surface area contributed by atoms with Gasteiger partial charge in [0.2, 0.25) is 0 Å². The molecule has 0 fully saturated rings. The van der Waals surface area contributed by atoms with Gasteiger partial charge in [0.05, 0.1) is 29.8 Å². The molecule has 3 aromatic rings. The van der Waals surface area contributed by atoms with Crippen molar-refractivity contribution >= 4 is 0 Å². The van der Waals surface area contributed by atoms with Crippen LogP contribution in [-0.2, 0) is 6.54 Å². The molecule has 0 aliphatic rings. The first-order valence-electron chi connectivity index (χ1n) is 6.91. The van der Waals surface area contributed by atoms with Gasteiger partial charge in [-0.15, -0.1) is 5.10 Å². The van der Waals surface area contributed by atoms with E-state index in [1.165, 1.54) is 0 Å². The molecule has 1 aromatic carbocycles. The van der Waals surface area contributed by atoms with E-state index in [1.54, 1.807) is 17.2 Å². The summed E-state index contributed by atoms with van der Waals surface area (Å²) < 4.78 is 1.81. The Bertz CT molecular complexity index is 701. The van der Waals surface area contributed by atoms with Gasteiger partial charge in [-0.1, -0.05) is 30.3 Å². The summed E-state index contributed by atoms with van der Waals surface area (Å²) in [4.78, 5) is 1.57. The van der Waals surface area contributed by atoms with Crippen molar-refractivity contribution < 1.29 is 0 Å². The van der Waals surface area contributed by atoms with Crippen LogP contribution in [0.15, 0.2) is 42.7 Å². The topological polar surface area (TPSA) is 87.4 Å². The fourth-order valence-electron chi connectivity index (χ4n) is 2.15. The largest absolute Gasteiger partial charge is 0.318 e. The average Bonchev–Trinajstić information content (AvgIpc) is 3.17. The molecule has 0 saturated carbocycles. The molecule has 7 nitrogen and oxygen atoms in total. The van der Waals surface area contributed by atoms with Crippen molar-refractivity contribution in [3.63, 3.8) is 0 Å². The molecule has 0 aliphatic carbocycles. The first kappa shape index (κ1) is 13.4. The Morgan fingerprint density at radius 1 is 1.19 bits per heavy atom. The van der Waals surface area contributed by atoms with Crippen molar-refractivity contribution in [2.45, 2.75) is 25.9 Å². The molecule has 2 heterocycles. The third kappa shape index (κ3) is 2.68. The van der Waals surface area contributed by atoms with E-state index >= 15 is 0 Å². The second-order valence-corrected chi connectivity index (χ2v) is 4.75. The fraction of sp³-hybridized carbons (Fsp3) is 0.286. The molecule has 3 rings (SSSR count). The molecule has 0 radical (unpaired) electrons. The van der Waals surface area contributed by atoms with Crippen molar-refractivity contribution in [2.75, 3.05) is 0 Å². The molecule has 108 valence electrons. The number of hydrogen-bond donors (Lipinski definition) is 1. The average molecular weight is 283 g/mol. The van der Waals surface area contributed by atoms with Crippen molar-refractivity contribution in [3.05, 3.63) is 54.1 Å². The lowest BCUT2D eigenvalue weighted by atomic mass is 10.2. The smallest absolute Gasteiger partial charge is 0.106 e. The highest BCUT2D eigenvalue weighted by atomic mass is 15.5. The van der Waals surface area contributed by atoms with Gasteiger partial charge < -0.3 is 5.73 Å². The minimum Gasteiger partial charge on any atom is -0.318 e. The molecular weight excluding hydrogens is 266 g/mol.